The molecule has 2 rings (SSSR count). The number of hydrogen-bond donors (Lipinski definition) is 2. The van der Waals surface area contributed by atoms with Gasteiger partial charge in [-0.15, -0.1) is 5.10 Å². The van der Waals surface area contributed by atoms with Gasteiger partial charge in [-0.2, -0.15) is 0 Å². The van der Waals surface area contributed by atoms with Gasteiger partial charge in [-0.3, -0.25) is 4.79 Å². The molecule has 1 amide bonds. The van der Waals surface area contributed by atoms with Gasteiger partial charge in [0.1, 0.15) is 5.69 Å². The lowest BCUT2D eigenvalue weighted by molar-refractivity contribution is 0.0690. The van der Waals surface area contributed by atoms with Crippen LogP contribution in [-0.2, 0) is 13.6 Å². The lowest BCUT2D eigenvalue weighted by atomic mass is 10.4. The average Bonchev–Trinajstić information content (AvgIpc) is 2.98. The van der Waals surface area contributed by atoms with Crippen LogP contribution in [0.5, 0.6) is 0 Å². The lowest BCUT2D eigenvalue weighted by Gasteiger charge is -2.06. The second-order valence-electron chi connectivity index (χ2n) is 4.35. The van der Waals surface area contributed by atoms with Gasteiger partial charge in [-0.05, 0) is 19.1 Å². The van der Waals surface area contributed by atoms with Gasteiger partial charge >= 0.3 is 5.97 Å². The van der Waals surface area contributed by atoms with Crippen molar-refractivity contribution in [1.82, 2.24) is 24.9 Å². The van der Waals surface area contributed by atoms with E-state index in [0.29, 0.717) is 18.8 Å². The number of aromatic carboxylic acids is 1. The Balaban J connectivity index is 1.88. The first kappa shape index (κ1) is 13.8. The van der Waals surface area contributed by atoms with Gasteiger partial charge < -0.3 is 15.0 Å². The summed E-state index contributed by atoms with van der Waals surface area (Å²) in [6, 6.07) is 3.62. The highest BCUT2D eigenvalue weighted by Crippen LogP contribution is 2.05. The van der Waals surface area contributed by atoms with Gasteiger partial charge in [0, 0.05) is 19.3 Å². The molecule has 8 nitrogen and oxygen atoms in total. The van der Waals surface area contributed by atoms with Crippen LogP contribution in [0.2, 0.25) is 0 Å². The number of carbonyl (C=O) groups excluding carboxylic acids is 1. The summed E-state index contributed by atoms with van der Waals surface area (Å²) >= 11 is 0. The Labute approximate surface area is 115 Å². The zero-order chi connectivity index (χ0) is 14.7. The molecule has 0 aromatic carbocycles. The third kappa shape index (κ3) is 2.85. The monoisotopic (exact) mass is 277 g/mol. The highest BCUT2D eigenvalue weighted by atomic mass is 16.4. The fourth-order valence-corrected chi connectivity index (χ4v) is 1.72. The summed E-state index contributed by atoms with van der Waals surface area (Å²) in [5, 5.41) is 18.6. The lowest BCUT2D eigenvalue weighted by Crippen LogP contribution is -2.29. The average molecular weight is 277 g/mol. The number of carboxylic acid groups (broad SMARTS) is 1. The van der Waals surface area contributed by atoms with Gasteiger partial charge in [0.25, 0.3) is 5.91 Å². The van der Waals surface area contributed by atoms with Crippen molar-refractivity contribution in [2.75, 3.05) is 6.54 Å². The fourth-order valence-electron chi connectivity index (χ4n) is 1.72. The minimum Gasteiger partial charge on any atom is -0.476 e. The normalized spacial score (nSPS) is 10.5. The highest BCUT2D eigenvalue weighted by molar-refractivity contribution is 5.92. The fraction of sp³-hybridized carbons (Fsp3) is 0.333. The Hall–Kier alpha value is -2.64. The first-order valence-corrected chi connectivity index (χ1v) is 6.03. The predicted octanol–water partition coefficient (Wildman–Crippen LogP) is 0.0532. The molecule has 2 heterocycles. The molecule has 106 valence electrons. The zero-order valence-electron chi connectivity index (χ0n) is 11.2. The van der Waals surface area contributed by atoms with E-state index in [2.05, 4.69) is 15.6 Å². The van der Waals surface area contributed by atoms with Gasteiger partial charge in [0.2, 0.25) is 0 Å². The maximum Gasteiger partial charge on any atom is 0.358 e. The maximum atomic E-state index is 11.9. The van der Waals surface area contributed by atoms with E-state index in [9.17, 15) is 9.59 Å². The third-order valence-corrected chi connectivity index (χ3v) is 2.99. The summed E-state index contributed by atoms with van der Waals surface area (Å²) < 4.78 is 3.17. The Kier molecular flexibility index (Phi) is 3.83. The van der Waals surface area contributed by atoms with Crippen LogP contribution < -0.4 is 5.32 Å². The minimum atomic E-state index is -1.13. The van der Waals surface area contributed by atoms with Crippen LogP contribution in [-0.4, -0.2) is 43.1 Å². The molecule has 0 radical (unpaired) electrons. The molecular formula is C12H15N5O3. The molecule has 0 bridgehead atoms. The summed E-state index contributed by atoms with van der Waals surface area (Å²) in [5.74, 6) is -1.31. The van der Waals surface area contributed by atoms with E-state index in [4.69, 9.17) is 5.11 Å². The molecule has 0 unspecified atom stereocenters. The molecular weight excluding hydrogens is 262 g/mol. The van der Waals surface area contributed by atoms with Gasteiger partial charge in [-0.25, -0.2) is 9.48 Å². The molecule has 2 aromatic heterocycles. The number of aromatic nitrogens is 4. The van der Waals surface area contributed by atoms with Crippen molar-refractivity contribution in [2.24, 2.45) is 7.05 Å². The minimum absolute atomic E-state index is 0.116. The molecule has 8 heteroatoms. The molecule has 20 heavy (non-hydrogen) atoms. The van der Waals surface area contributed by atoms with Crippen LogP contribution in [0.3, 0.4) is 0 Å². The van der Waals surface area contributed by atoms with E-state index in [1.54, 1.807) is 10.6 Å². The first-order valence-electron chi connectivity index (χ1n) is 6.03. The topological polar surface area (TPSA) is 102 Å². The molecule has 0 aliphatic rings. The van der Waals surface area contributed by atoms with Crippen LogP contribution in [0.25, 0.3) is 0 Å². The van der Waals surface area contributed by atoms with Crippen molar-refractivity contribution in [1.29, 1.82) is 0 Å². The molecule has 0 fully saturated rings. The van der Waals surface area contributed by atoms with Gasteiger partial charge in [-0.1, -0.05) is 5.21 Å². The third-order valence-electron chi connectivity index (χ3n) is 2.99. The van der Waals surface area contributed by atoms with E-state index in [1.807, 2.05) is 20.0 Å². The van der Waals surface area contributed by atoms with Crippen LogP contribution >= 0.6 is 0 Å². The van der Waals surface area contributed by atoms with Crippen molar-refractivity contribution in [3.63, 3.8) is 0 Å². The Morgan fingerprint density at radius 3 is 2.70 bits per heavy atom. The summed E-state index contributed by atoms with van der Waals surface area (Å²) in [6.45, 7) is 2.61. The van der Waals surface area contributed by atoms with Crippen LogP contribution in [0.15, 0.2) is 18.3 Å². The number of hydrogen-bond acceptors (Lipinski definition) is 4. The van der Waals surface area contributed by atoms with Crippen molar-refractivity contribution >= 4 is 11.9 Å². The van der Waals surface area contributed by atoms with Crippen molar-refractivity contribution in [3.8, 4) is 0 Å². The first-order chi connectivity index (χ1) is 9.49. The van der Waals surface area contributed by atoms with Crippen LogP contribution in [0, 0.1) is 6.92 Å². The number of nitrogens with one attached hydrogen (secondary N) is 1. The SMILES string of the molecule is Cc1ccc(C(=O)NCCn2cc(C(=O)O)nn2)n1C. The molecule has 0 saturated heterocycles. The van der Waals surface area contributed by atoms with Gasteiger partial charge in [0.05, 0.1) is 12.7 Å². The van der Waals surface area contributed by atoms with E-state index < -0.39 is 5.97 Å². The Morgan fingerprint density at radius 1 is 1.40 bits per heavy atom. The van der Waals surface area contributed by atoms with E-state index in [-0.39, 0.29) is 11.6 Å². The van der Waals surface area contributed by atoms with Crippen LogP contribution in [0.1, 0.15) is 26.7 Å². The molecule has 0 spiro atoms. The number of aryl methyl sites for hydroxylation is 1. The molecule has 2 aromatic rings. The van der Waals surface area contributed by atoms with Gasteiger partial charge in [0.15, 0.2) is 5.69 Å². The van der Waals surface area contributed by atoms with Crippen LogP contribution in [0.4, 0.5) is 0 Å². The zero-order valence-corrected chi connectivity index (χ0v) is 11.2. The van der Waals surface area contributed by atoms with Crippen molar-refractivity contribution in [3.05, 3.63) is 35.4 Å². The smallest absolute Gasteiger partial charge is 0.358 e. The van der Waals surface area contributed by atoms with E-state index in [0.717, 1.165) is 5.69 Å². The number of rotatable bonds is 5. The largest absolute Gasteiger partial charge is 0.476 e. The van der Waals surface area contributed by atoms with E-state index >= 15 is 0 Å². The summed E-state index contributed by atoms with van der Waals surface area (Å²) in [5.41, 5.74) is 1.46. The second-order valence-corrected chi connectivity index (χ2v) is 4.35. The summed E-state index contributed by atoms with van der Waals surface area (Å²) in [7, 11) is 1.82. The van der Waals surface area contributed by atoms with Crippen molar-refractivity contribution in [2.45, 2.75) is 13.5 Å². The molecule has 0 aliphatic carbocycles. The summed E-state index contributed by atoms with van der Waals surface area (Å²) in [6.07, 6.45) is 1.32. The number of carbonyl (C=O) groups is 2. The second kappa shape index (κ2) is 5.55. The number of amides is 1. The Bertz CT molecular complexity index is 643. The quantitative estimate of drug-likeness (QED) is 0.804. The number of carboxylic acids is 1. The highest BCUT2D eigenvalue weighted by Gasteiger charge is 2.11. The number of nitrogens with zero attached hydrogens (tertiary/aromatic N) is 4. The standard InChI is InChI=1S/C12H15N5O3/c1-8-3-4-10(16(8)2)11(18)13-5-6-17-7-9(12(19)20)14-15-17/h3-4,7H,5-6H2,1-2H3,(H,13,18)(H,19,20). The predicted molar refractivity (Wildman–Crippen MR) is 69.5 cm³/mol. The van der Waals surface area contributed by atoms with Crippen molar-refractivity contribution < 1.29 is 14.7 Å². The Morgan fingerprint density at radius 2 is 2.15 bits per heavy atom. The molecule has 2 N–H and O–H groups in total. The maximum absolute atomic E-state index is 11.9. The van der Waals surface area contributed by atoms with E-state index in [1.165, 1.54) is 10.9 Å². The summed E-state index contributed by atoms with van der Waals surface area (Å²) in [4.78, 5) is 22.5. The molecule has 0 saturated carbocycles. The molecule has 0 atom stereocenters. The molecule has 0 aliphatic heterocycles.